The van der Waals surface area contributed by atoms with Gasteiger partial charge in [-0.25, -0.2) is 8.78 Å². The molecule has 3 aromatic carbocycles. The Hall–Kier alpha value is -3.93. The molecule has 0 saturated carbocycles. The van der Waals surface area contributed by atoms with E-state index in [0.717, 1.165) is 16.8 Å². The first-order valence-electron chi connectivity index (χ1n) is 10.5. The van der Waals surface area contributed by atoms with E-state index >= 15 is 0 Å². The molecular formula is C27H24F2N2O2. The van der Waals surface area contributed by atoms with E-state index in [1.165, 1.54) is 24.3 Å². The topological polar surface area (TPSA) is 54.1 Å². The minimum atomic E-state index is -0.786. The maximum atomic E-state index is 14.0. The highest BCUT2D eigenvalue weighted by atomic mass is 19.1. The van der Waals surface area contributed by atoms with Crippen LogP contribution in [0.5, 0.6) is 5.75 Å². The van der Waals surface area contributed by atoms with Crippen molar-refractivity contribution >= 4 is 11.5 Å². The molecule has 1 unspecified atom stereocenters. The van der Waals surface area contributed by atoms with Crippen LogP contribution in [0.4, 0.5) is 14.5 Å². The van der Waals surface area contributed by atoms with Gasteiger partial charge < -0.3 is 15.0 Å². The summed E-state index contributed by atoms with van der Waals surface area (Å²) in [6.07, 6.45) is 0. The third-order valence-electron chi connectivity index (χ3n) is 5.60. The number of carbonyl (C=O) groups excluding carboxylic acids is 1. The molecule has 0 radical (unpaired) electrons. The van der Waals surface area contributed by atoms with Crippen LogP contribution in [0.2, 0.25) is 0 Å². The van der Waals surface area contributed by atoms with Gasteiger partial charge in [-0.05, 0) is 61.4 Å². The van der Waals surface area contributed by atoms with Gasteiger partial charge in [-0.15, -0.1) is 0 Å². The molecule has 0 saturated heterocycles. The van der Waals surface area contributed by atoms with Crippen molar-refractivity contribution in [2.75, 3.05) is 12.4 Å². The average Bonchev–Trinajstić information content (AvgIpc) is 3.12. The number of hydrogen-bond donors (Lipinski definition) is 2. The van der Waals surface area contributed by atoms with Gasteiger partial charge in [0.1, 0.15) is 23.4 Å². The molecule has 4 aromatic rings. The number of hydrogen-bond acceptors (Lipinski definition) is 3. The number of anilines is 1. The molecule has 4 nitrogen and oxygen atoms in total. The Morgan fingerprint density at radius 1 is 0.909 bits per heavy atom. The number of nitrogens with one attached hydrogen (secondary N) is 2. The van der Waals surface area contributed by atoms with E-state index in [9.17, 15) is 13.6 Å². The van der Waals surface area contributed by atoms with Gasteiger partial charge in [0.05, 0.1) is 7.11 Å². The number of ether oxygens (including phenoxy) is 1. The number of Topliss-reactive ketones (excluding diaryl/α,β-unsaturated/α-hetero) is 1. The normalized spacial score (nSPS) is 11.8. The molecule has 0 fully saturated rings. The second-order valence-corrected chi connectivity index (χ2v) is 7.86. The molecule has 0 aliphatic heterocycles. The summed E-state index contributed by atoms with van der Waals surface area (Å²) < 4.78 is 32.5. The molecular weight excluding hydrogens is 422 g/mol. The van der Waals surface area contributed by atoms with E-state index in [1.807, 2.05) is 32.0 Å². The Bertz CT molecular complexity index is 1280. The highest BCUT2D eigenvalue weighted by molar-refractivity contribution is 6.08. The summed E-state index contributed by atoms with van der Waals surface area (Å²) in [6, 6.07) is 18.4. The van der Waals surface area contributed by atoms with Gasteiger partial charge in [-0.2, -0.15) is 0 Å². The van der Waals surface area contributed by atoms with Gasteiger partial charge in [0, 0.05) is 34.3 Å². The zero-order valence-corrected chi connectivity index (χ0v) is 18.6. The summed E-state index contributed by atoms with van der Waals surface area (Å²) in [4.78, 5) is 17.2. The predicted octanol–water partition coefficient (Wildman–Crippen LogP) is 6.62. The lowest BCUT2D eigenvalue weighted by molar-refractivity contribution is 0.0969. The number of benzene rings is 3. The van der Waals surface area contributed by atoms with Crippen molar-refractivity contribution in [3.63, 3.8) is 0 Å². The number of aryl methyl sites for hydroxylation is 2. The number of aromatic amines is 1. The van der Waals surface area contributed by atoms with Crippen molar-refractivity contribution in [1.29, 1.82) is 0 Å². The van der Waals surface area contributed by atoms with Crippen molar-refractivity contribution in [3.8, 4) is 16.9 Å². The van der Waals surface area contributed by atoms with Gasteiger partial charge in [0.25, 0.3) is 0 Å². The second-order valence-electron chi connectivity index (χ2n) is 7.86. The zero-order valence-electron chi connectivity index (χ0n) is 18.6. The average molecular weight is 446 g/mol. The summed E-state index contributed by atoms with van der Waals surface area (Å²) in [6.45, 7) is 3.71. The SMILES string of the molecule is COc1cccc(NC(C(=O)c2c(C)[nH]c(C)c2-c2ccc(F)cc2)c2ccc(F)cc2)c1. The maximum Gasteiger partial charge on any atom is 0.192 e. The molecule has 1 heterocycles. The van der Waals surface area contributed by atoms with Crippen LogP contribution in [0.3, 0.4) is 0 Å². The third kappa shape index (κ3) is 4.65. The first kappa shape index (κ1) is 22.3. The number of halogens is 2. The first-order valence-corrected chi connectivity index (χ1v) is 10.5. The number of aromatic nitrogens is 1. The van der Waals surface area contributed by atoms with Crippen LogP contribution in [0, 0.1) is 25.5 Å². The fourth-order valence-corrected chi connectivity index (χ4v) is 4.05. The van der Waals surface area contributed by atoms with Crippen molar-refractivity contribution in [2.45, 2.75) is 19.9 Å². The first-order chi connectivity index (χ1) is 15.9. The highest BCUT2D eigenvalue weighted by Gasteiger charge is 2.28. The molecule has 0 amide bonds. The quantitative estimate of drug-likeness (QED) is 0.314. The Kier molecular flexibility index (Phi) is 6.27. The fourth-order valence-electron chi connectivity index (χ4n) is 4.05. The van der Waals surface area contributed by atoms with Crippen LogP contribution < -0.4 is 10.1 Å². The van der Waals surface area contributed by atoms with E-state index in [-0.39, 0.29) is 17.4 Å². The lowest BCUT2D eigenvalue weighted by atomic mass is 9.91. The molecule has 0 bridgehead atoms. The Morgan fingerprint density at radius 3 is 2.18 bits per heavy atom. The van der Waals surface area contributed by atoms with Crippen molar-refractivity contribution in [3.05, 3.63) is 107 Å². The molecule has 33 heavy (non-hydrogen) atoms. The summed E-state index contributed by atoms with van der Waals surface area (Å²) >= 11 is 0. The summed E-state index contributed by atoms with van der Waals surface area (Å²) in [5.74, 6) is -0.274. The standard InChI is InChI=1S/C27H24F2N2O2/c1-16-24(18-7-11-20(28)12-8-18)25(17(2)30-16)27(32)26(19-9-13-21(29)14-10-19)31-22-5-4-6-23(15-22)33-3/h4-15,26,30-31H,1-3H3. The van der Waals surface area contributed by atoms with E-state index < -0.39 is 6.04 Å². The molecule has 0 aliphatic carbocycles. The third-order valence-corrected chi connectivity index (χ3v) is 5.60. The number of ketones is 1. The lowest BCUT2D eigenvalue weighted by Gasteiger charge is -2.21. The van der Waals surface area contributed by atoms with Gasteiger partial charge in [0.2, 0.25) is 0 Å². The van der Waals surface area contributed by atoms with Crippen LogP contribution in [-0.4, -0.2) is 17.9 Å². The minimum absolute atomic E-state index is 0.189. The smallest absolute Gasteiger partial charge is 0.192 e. The second kappa shape index (κ2) is 9.28. The number of H-pyrrole nitrogens is 1. The molecule has 0 aliphatic rings. The number of rotatable bonds is 7. The highest BCUT2D eigenvalue weighted by Crippen LogP contribution is 2.35. The minimum Gasteiger partial charge on any atom is -0.497 e. The van der Waals surface area contributed by atoms with Crippen LogP contribution in [0.15, 0.2) is 72.8 Å². The van der Waals surface area contributed by atoms with Crippen LogP contribution in [-0.2, 0) is 0 Å². The molecule has 1 aromatic heterocycles. The van der Waals surface area contributed by atoms with Crippen molar-refractivity contribution in [1.82, 2.24) is 4.98 Å². The molecule has 0 spiro atoms. The number of carbonyl (C=O) groups is 1. The molecule has 6 heteroatoms. The van der Waals surface area contributed by atoms with Gasteiger partial charge in [-0.1, -0.05) is 30.3 Å². The predicted molar refractivity (Wildman–Crippen MR) is 126 cm³/mol. The maximum absolute atomic E-state index is 14.0. The summed E-state index contributed by atoms with van der Waals surface area (Å²) in [7, 11) is 1.57. The van der Waals surface area contributed by atoms with Gasteiger partial charge >= 0.3 is 0 Å². The molecule has 2 N–H and O–H groups in total. The monoisotopic (exact) mass is 446 g/mol. The van der Waals surface area contributed by atoms with Crippen molar-refractivity contribution in [2.24, 2.45) is 0 Å². The molecule has 168 valence electrons. The number of methoxy groups -OCH3 is 1. The van der Waals surface area contributed by atoms with E-state index in [4.69, 9.17) is 4.74 Å². The van der Waals surface area contributed by atoms with Gasteiger partial charge in [-0.3, -0.25) is 4.79 Å². The fraction of sp³-hybridized carbons (Fsp3) is 0.148. The van der Waals surface area contributed by atoms with Crippen molar-refractivity contribution < 1.29 is 18.3 Å². The largest absolute Gasteiger partial charge is 0.497 e. The Morgan fingerprint density at radius 2 is 1.55 bits per heavy atom. The lowest BCUT2D eigenvalue weighted by Crippen LogP contribution is -2.22. The Balaban J connectivity index is 1.81. The van der Waals surface area contributed by atoms with Gasteiger partial charge in [0.15, 0.2) is 5.78 Å². The molecule has 4 rings (SSSR count). The summed E-state index contributed by atoms with van der Waals surface area (Å²) in [5.41, 5.74) is 4.78. The zero-order chi connectivity index (χ0) is 23.5. The molecule has 1 atom stereocenters. The van der Waals surface area contributed by atoms with E-state index in [2.05, 4.69) is 10.3 Å². The Labute approximate surface area is 191 Å². The van der Waals surface area contributed by atoms with Crippen LogP contribution in [0.25, 0.3) is 11.1 Å². The van der Waals surface area contributed by atoms with Crippen LogP contribution >= 0.6 is 0 Å². The van der Waals surface area contributed by atoms with Crippen LogP contribution in [0.1, 0.15) is 33.4 Å². The van der Waals surface area contributed by atoms with E-state index in [1.54, 1.807) is 37.4 Å². The van der Waals surface area contributed by atoms with E-state index in [0.29, 0.717) is 28.3 Å². The summed E-state index contributed by atoms with van der Waals surface area (Å²) in [5, 5.41) is 3.29.